The zero-order chi connectivity index (χ0) is 13.0. The van der Waals surface area contributed by atoms with Crippen LogP contribution in [0.5, 0.6) is 11.6 Å². The molecule has 0 aliphatic rings. The van der Waals surface area contributed by atoms with Crippen LogP contribution in [0, 0.1) is 0 Å². The number of anilines is 1. The highest BCUT2D eigenvalue weighted by molar-refractivity contribution is 6.32. The molecule has 1 heterocycles. The van der Waals surface area contributed by atoms with Crippen molar-refractivity contribution in [2.75, 3.05) is 12.4 Å². The number of phenolic OH excluding ortho intramolecular Hbond substituents is 1. The van der Waals surface area contributed by atoms with Gasteiger partial charge in [-0.15, -0.1) is 0 Å². The molecule has 0 bridgehead atoms. The fourth-order valence-electron chi connectivity index (χ4n) is 1.46. The van der Waals surface area contributed by atoms with E-state index in [9.17, 15) is 5.11 Å². The van der Waals surface area contributed by atoms with Gasteiger partial charge in [-0.3, -0.25) is 0 Å². The standard InChI is InChI=1S/C13H13ClN2O2/c1-18-13-5-2-9(8-16-13)7-15-10-3-4-12(17)11(14)6-10/h2-6,8,15,17H,7H2,1H3. The van der Waals surface area contributed by atoms with Gasteiger partial charge in [0.15, 0.2) is 0 Å². The zero-order valence-electron chi connectivity index (χ0n) is 9.85. The fourth-order valence-corrected chi connectivity index (χ4v) is 1.64. The third kappa shape index (κ3) is 3.05. The van der Waals surface area contributed by atoms with E-state index in [0.717, 1.165) is 11.3 Å². The number of hydrogen-bond acceptors (Lipinski definition) is 4. The highest BCUT2D eigenvalue weighted by Crippen LogP contribution is 2.26. The summed E-state index contributed by atoms with van der Waals surface area (Å²) in [6, 6.07) is 8.73. The minimum absolute atomic E-state index is 0.0772. The van der Waals surface area contributed by atoms with Crippen LogP contribution in [0.1, 0.15) is 5.56 Å². The molecule has 0 aliphatic heterocycles. The Morgan fingerprint density at radius 2 is 2.17 bits per heavy atom. The van der Waals surface area contributed by atoms with Crippen molar-refractivity contribution in [2.24, 2.45) is 0 Å². The van der Waals surface area contributed by atoms with Crippen molar-refractivity contribution >= 4 is 17.3 Å². The topological polar surface area (TPSA) is 54.4 Å². The molecule has 2 aromatic rings. The highest BCUT2D eigenvalue weighted by Gasteiger charge is 2.00. The predicted molar refractivity (Wildman–Crippen MR) is 71.2 cm³/mol. The van der Waals surface area contributed by atoms with E-state index >= 15 is 0 Å². The van der Waals surface area contributed by atoms with Crippen LogP contribution < -0.4 is 10.1 Å². The molecule has 0 aliphatic carbocycles. The van der Waals surface area contributed by atoms with Crippen LogP contribution >= 0.6 is 11.6 Å². The van der Waals surface area contributed by atoms with Gasteiger partial charge in [0.05, 0.1) is 12.1 Å². The second-order valence-electron chi connectivity index (χ2n) is 3.73. The summed E-state index contributed by atoms with van der Waals surface area (Å²) < 4.78 is 4.98. The first-order valence-corrected chi connectivity index (χ1v) is 5.78. The summed E-state index contributed by atoms with van der Waals surface area (Å²) >= 11 is 5.82. The van der Waals surface area contributed by atoms with E-state index in [-0.39, 0.29) is 5.75 Å². The lowest BCUT2D eigenvalue weighted by molar-refractivity contribution is 0.397. The lowest BCUT2D eigenvalue weighted by atomic mass is 10.2. The molecule has 94 valence electrons. The average molecular weight is 265 g/mol. The van der Waals surface area contributed by atoms with E-state index in [1.807, 2.05) is 6.07 Å². The summed E-state index contributed by atoms with van der Waals surface area (Å²) in [4.78, 5) is 4.11. The van der Waals surface area contributed by atoms with Gasteiger partial charge in [0.25, 0.3) is 0 Å². The lowest BCUT2D eigenvalue weighted by Gasteiger charge is -2.07. The molecular weight excluding hydrogens is 252 g/mol. The number of methoxy groups -OCH3 is 1. The SMILES string of the molecule is COc1ccc(CNc2ccc(O)c(Cl)c2)cn1. The third-order valence-corrected chi connectivity index (χ3v) is 2.75. The van der Waals surface area contributed by atoms with Gasteiger partial charge >= 0.3 is 0 Å². The molecule has 0 radical (unpaired) electrons. The number of halogens is 1. The van der Waals surface area contributed by atoms with Gasteiger partial charge in [0.1, 0.15) is 5.75 Å². The van der Waals surface area contributed by atoms with Crippen molar-refractivity contribution < 1.29 is 9.84 Å². The number of phenols is 1. The molecule has 0 unspecified atom stereocenters. The number of pyridine rings is 1. The zero-order valence-corrected chi connectivity index (χ0v) is 10.6. The first-order valence-electron chi connectivity index (χ1n) is 5.40. The van der Waals surface area contributed by atoms with E-state index in [0.29, 0.717) is 17.4 Å². The Balaban J connectivity index is 1.99. The predicted octanol–water partition coefficient (Wildman–Crippen LogP) is 3.06. The number of rotatable bonds is 4. The van der Waals surface area contributed by atoms with Crippen LogP contribution in [0.2, 0.25) is 5.02 Å². The van der Waals surface area contributed by atoms with Gasteiger partial charge in [-0.25, -0.2) is 4.98 Å². The van der Waals surface area contributed by atoms with Crippen LogP contribution in [0.3, 0.4) is 0 Å². The molecule has 0 spiro atoms. The van der Waals surface area contributed by atoms with Gasteiger partial charge in [-0.1, -0.05) is 17.7 Å². The van der Waals surface area contributed by atoms with Crippen LogP contribution in [0.4, 0.5) is 5.69 Å². The number of nitrogens with zero attached hydrogens (tertiary/aromatic N) is 1. The van der Waals surface area contributed by atoms with Crippen molar-refractivity contribution in [3.05, 3.63) is 47.1 Å². The van der Waals surface area contributed by atoms with E-state index < -0.39 is 0 Å². The van der Waals surface area contributed by atoms with Crippen LogP contribution in [-0.2, 0) is 6.54 Å². The maximum atomic E-state index is 9.30. The van der Waals surface area contributed by atoms with E-state index in [1.54, 1.807) is 37.6 Å². The minimum Gasteiger partial charge on any atom is -0.506 e. The third-order valence-electron chi connectivity index (χ3n) is 2.45. The Kier molecular flexibility index (Phi) is 3.89. The molecule has 5 heteroatoms. The number of nitrogens with one attached hydrogen (secondary N) is 1. The Labute approximate surface area is 110 Å². The maximum Gasteiger partial charge on any atom is 0.212 e. The molecule has 18 heavy (non-hydrogen) atoms. The van der Waals surface area contributed by atoms with Crippen molar-refractivity contribution in [3.63, 3.8) is 0 Å². The largest absolute Gasteiger partial charge is 0.506 e. The van der Waals surface area contributed by atoms with Crippen LogP contribution in [0.25, 0.3) is 0 Å². The highest BCUT2D eigenvalue weighted by atomic mass is 35.5. The number of hydrogen-bond donors (Lipinski definition) is 2. The summed E-state index contributed by atoms with van der Waals surface area (Å²) in [5.41, 5.74) is 1.87. The second-order valence-corrected chi connectivity index (χ2v) is 4.14. The molecule has 0 saturated heterocycles. The Bertz CT molecular complexity index is 529. The smallest absolute Gasteiger partial charge is 0.212 e. The summed E-state index contributed by atoms with van der Waals surface area (Å²) in [5.74, 6) is 0.666. The van der Waals surface area contributed by atoms with Gasteiger partial charge in [0.2, 0.25) is 5.88 Å². The molecule has 2 rings (SSSR count). The minimum atomic E-state index is 0.0772. The van der Waals surface area contributed by atoms with Crippen molar-refractivity contribution in [3.8, 4) is 11.6 Å². The Hall–Kier alpha value is -1.94. The molecule has 1 aromatic heterocycles. The van der Waals surface area contributed by atoms with E-state index in [2.05, 4.69) is 10.3 Å². The normalized spacial score (nSPS) is 10.1. The summed E-state index contributed by atoms with van der Waals surface area (Å²) in [7, 11) is 1.58. The molecule has 0 fully saturated rings. The first kappa shape index (κ1) is 12.5. The molecule has 4 nitrogen and oxygen atoms in total. The van der Waals surface area contributed by atoms with Crippen molar-refractivity contribution in [1.29, 1.82) is 0 Å². The summed E-state index contributed by atoms with van der Waals surface area (Å²) in [6.45, 7) is 0.623. The lowest BCUT2D eigenvalue weighted by Crippen LogP contribution is -2.00. The summed E-state index contributed by atoms with van der Waals surface area (Å²) in [5, 5.41) is 12.8. The number of aromatic hydroxyl groups is 1. The summed E-state index contributed by atoms with van der Waals surface area (Å²) in [6.07, 6.45) is 1.74. The number of aromatic nitrogens is 1. The molecule has 2 N–H and O–H groups in total. The van der Waals surface area contributed by atoms with Gasteiger partial charge < -0.3 is 15.2 Å². The molecular formula is C13H13ClN2O2. The monoisotopic (exact) mass is 264 g/mol. The second kappa shape index (κ2) is 5.60. The fraction of sp³-hybridized carbons (Fsp3) is 0.154. The van der Waals surface area contributed by atoms with Crippen molar-refractivity contribution in [1.82, 2.24) is 4.98 Å². The van der Waals surface area contributed by atoms with Gasteiger partial charge in [0, 0.05) is 24.5 Å². The first-order chi connectivity index (χ1) is 8.69. The molecule has 1 aromatic carbocycles. The van der Waals surface area contributed by atoms with Gasteiger partial charge in [-0.05, 0) is 23.8 Å². The maximum absolute atomic E-state index is 9.30. The Morgan fingerprint density at radius 1 is 1.33 bits per heavy atom. The molecule has 0 saturated carbocycles. The van der Waals surface area contributed by atoms with Crippen molar-refractivity contribution in [2.45, 2.75) is 6.54 Å². The molecule has 0 amide bonds. The number of benzene rings is 1. The van der Waals surface area contributed by atoms with E-state index in [1.165, 1.54) is 0 Å². The van der Waals surface area contributed by atoms with Crippen LogP contribution in [-0.4, -0.2) is 17.2 Å². The molecule has 0 atom stereocenters. The Morgan fingerprint density at radius 3 is 2.78 bits per heavy atom. The van der Waals surface area contributed by atoms with Crippen LogP contribution in [0.15, 0.2) is 36.5 Å². The average Bonchev–Trinajstić information content (AvgIpc) is 2.41. The number of ether oxygens (including phenoxy) is 1. The van der Waals surface area contributed by atoms with Gasteiger partial charge in [-0.2, -0.15) is 0 Å². The van der Waals surface area contributed by atoms with E-state index in [4.69, 9.17) is 16.3 Å². The quantitative estimate of drug-likeness (QED) is 0.834.